The summed E-state index contributed by atoms with van der Waals surface area (Å²) in [5, 5.41) is 2.78. The first kappa shape index (κ1) is 19.9. The molecule has 0 bridgehead atoms. The lowest BCUT2D eigenvalue weighted by Crippen LogP contribution is -2.31. The molecule has 2 rings (SSSR count). The van der Waals surface area contributed by atoms with Gasteiger partial charge < -0.3 is 10.1 Å². The van der Waals surface area contributed by atoms with Crippen LogP contribution in [0.4, 0.5) is 0 Å². The molecule has 0 aliphatic heterocycles. The van der Waals surface area contributed by atoms with Gasteiger partial charge in [0.25, 0.3) is 0 Å². The van der Waals surface area contributed by atoms with E-state index >= 15 is 0 Å². The van der Waals surface area contributed by atoms with Crippen molar-refractivity contribution < 1.29 is 17.9 Å². The summed E-state index contributed by atoms with van der Waals surface area (Å²) in [6.07, 6.45) is 3.43. The average Bonchev–Trinajstić information content (AvgIpc) is 3.37. The van der Waals surface area contributed by atoms with Crippen molar-refractivity contribution in [2.45, 2.75) is 44.4 Å². The summed E-state index contributed by atoms with van der Waals surface area (Å²) in [6, 6.07) is 4.99. The summed E-state index contributed by atoms with van der Waals surface area (Å²) >= 11 is 0. The van der Waals surface area contributed by atoms with Gasteiger partial charge in [0.15, 0.2) is 0 Å². The zero-order valence-corrected chi connectivity index (χ0v) is 15.8. The quantitative estimate of drug-likeness (QED) is 0.584. The number of nitrogens with one attached hydrogen (secondary N) is 2. The molecule has 0 radical (unpaired) electrons. The van der Waals surface area contributed by atoms with Gasteiger partial charge in [0.2, 0.25) is 15.9 Å². The van der Waals surface area contributed by atoms with Crippen molar-refractivity contribution in [1.29, 1.82) is 0 Å². The van der Waals surface area contributed by atoms with Gasteiger partial charge in [0, 0.05) is 32.7 Å². The van der Waals surface area contributed by atoms with Gasteiger partial charge >= 0.3 is 0 Å². The van der Waals surface area contributed by atoms with E-state index in [-0.39, 0.29) is 23.8 Å². The van der Waals surface area contributed by atoms with Crippen LogP contribution in [0.15, 0.2) is 23.1 Å². The Labute approximate surface area is 150 Å². The summed E-state index contributed by atoms with van der Waals surface area (Å²) in [6.45, 7) is 5.91. The highest BCUT2D eigenvalue weighted by atomic mass is 32.2. The van der Waals surface area contributed by atoms with Crippen LogP contribution in [0.1, 0.15) is 36.8 Å². The molecule has 2 N–H and O–H groups in total. The number of amides is 1. The van der Waals surface area contributed by atoms with E-state index < -0.39 is 10.0 Å². The third-order valence-corrected chi connectivity index (χ3v) is 5.73. The van der Waals surface area contributed by atoms with E-state index in [1.165, 1.54) is 12.8 Å². The lowest BCUT2D eigenvalue weighted by atomic mass is 10.1. The summed E-state index contributed by atoms with van der Waals surface area (Å²) in [5.41, 5.74) is 1.96. The minimum Gasteiger partial charge on any atom is -0.381 e. The van der Waals surface area contributed by atoms with Crippen molar-refractivity contribution in [3.63, 3.8) is 0 Å². The fourth-order valence-electron chi connectivity index (χ4n) is 2.29. The van der Waals surface area contributed by atoms with Crippen molar-refractivity contribution in [3.05, 3.63) is 29.3 Å². The highest BCUT2D eigenvalue weighted by molar-refractivity contribution is 7.89. The Morgan fingerprint density at radius 3 is 2.64 bits per heavy atom. The van der Waals surface area contributed by atoms with Gasteiger partial charge in [-0.2, -0.15) is 0 Å². The number of hydrogen-bond acceptors (Lipinski definition) is 4. The second-order valence-corrected chi connectivity index (χ2v) is 8.38. The highest BCUT2D eigenvalue weighted by Gasteiger charge is 2.20. The van der Waals surface area contributed by atoms with E-state index in [1.54, 1.807) is 18.2 Å². The molecule has 1 fully saturated rings. The molecule has 6 nitrogen and oxygen atoms in total. The molecule has 140 valence electrons. The SMILES string of the molecule is Cc1ccc(S(=O)(=O)NCCC(=O)NCCCOCC2CC2)cc1C. The fourth-order valence-corrected chi connectivity index (χ4v) is 3.40. The number of carbonyl (C=O) groups excluding carboxylic acids is 1. The van der Waals surface area contributed by atoms with Gasteiger partial charge in [-0.3, -0.25) is 4.79 Å². The Morgan fingerprint density at radius 1 is 1.20 bits per heavy atom. The second kappa shape index (κ2) is 9.31. The number of ether oxygens (including phenoxy) is 1. The molecule has 1 aromatic carbocycles. The number of sulfonamides is 1. The molecule has 1 aliphatic carbocycles. The van der Waals surface area contributed by atoms with Crippen LogP contribution in [-0.2, 0) is 19.6 Å². The molecule has 0 saturated heterocycles. The van der Waals surface area contributed by atoms with Crippen LogP contribution in [0, 0.1) is 19.8 Å². The molecule has 1 aliphatic rings. The van der Waals surface area contributed by atoms with Crippen LogP contribution in [-0.4, -0.2) is 40.6 Å². The molecule has 25 heavy (non-hydrogen) atoms. The van der Waals surface area contributed by atoms with E-state index in [2.05, 4.69) is 10.0 Å². The molecule has 0 spiro atoms. The van der Waals surface area contributed by atoms with E-state index in [0.717, 1.165) is 30.1 Å². The zero-order chi connectivity index (χ0) is 18.3. The largest absolute Gasteiger partial charge is 0.381 e. The Balaban J connectivity index is 1.61. The van der Waals surface area contributed by atoms with Crippen molar-refractivity contribution in [2.24, 2.45) is 5.92 Å². The van der Waals surface area contributed by atoms with Crippen molar-refractivity contribution in [2.75, 3.05) is 26.3 Å². The van der Waals surface area contributed by atoms with Crippen LogP contribution in [0.3, 0.4) is 0 Å². The lowest BCUT2D eigenvalue weighted by molar-refractivity contribution is -0.120. The molecular formula is C18H28N2O4S. The molecule has 0 unspecified atom stereocenters. The van der Waals surface area contributed by atoms with Gasteiger partial charge in [-0.1, -0.05) is 6.07 Å². The maximum Gasteiger partial charge on any atom is 0.240 e. The zero-order valence-electron chi connectivity index (χ0n) is 15.0. The van der Waals surface area contributed by atoms with Crippen LogP contribution in [0.25, 0.3) is 0 Å². The maximum absolute atomic E-state index is 12.2. The van der Waals surface area contributed by atoms with Gasteiger partial charge in [0.05, 0.1) is 4.90 Å². The average molecular weight is 368 g/mol. The molecule has 0 heterocycles. The molecule has 1 saturated carbocycles. The van der Waals surface area contributed by atoms with Crippen molar-refractivity contribution >= 4 is 15.9 Å². The Hall–Kier alpha value is -1.44. The van der Waals surface area contributed by atoms with Crippen molar-refractivity contribution in [1.82, 2.24) is 10.0 Å². The van der Waals surface area contributed by atoms with Gasteiger partial charge in [-0.05, 0) is 62.3 Å². The van der Waals surface area contributed by atoms with E-state index in [1.807, 2.05) is 13.8 Å². The third kappa shape index (κ3) is 7.13. The summed E-state index contributed by atoms with van der Waals surface area (Å²) in [5.74, 6) is 0.588. The molecule has 7 heteroatoms. The van der Waals surface area contributed by atoms with Gasteiger partial charge in [-0.15, -0.1) is 0 Å². The predicted octanol–water partition coefficient (Wildman–Crippen LogP) is 1.90. The normalized spacial score (nSPS) is 14.5. The number of hydrogen-bond donors (Lipinski definition) is 2. The monoisotopic (exact) mass is 368 g/mol. The molecule has 1 aromatic rings. The lowest BCUT2D eigenvalue weighted by Gasteiger charge is -2.09. The topological polar surface area (TPSA) is 84.5 Å². The molecule has 0 aromatic heterocycles. The van der Waals surface area contributed by atoms with Crippen LogP contribution < -0.4 is 10.0 Å². The van der Waals surface area contributed by atoms with Crippen LogP contribution in [0.2, 0.25) is 0 Å². The van der Waals surface area contributed by atoms with Gasteiger partial charge in [-0.25, -0.2) is 13.1 Å². The first-order valence-corrected chi connectivity index (χ1v) is 10.3. The minimum atomic E-state index is -3.58. The number of aryl methyl sites for hydroxylation is 2. The third-order valence-electron chi connectivity index (χ3n) is 4.27. The molecule has 1 amide bonds. The first-order valence-electron chi connectivity index (χ1n) is 8.80. The number of benzene rings is 1. The smallest absolute Gasteiger partial charge is 0.240 e. The highest BCUT2D eigenvalue weighted by Crippen LogP contribution is 2.28. The standard InChI is InChI=1S/C18H28N2O4S/c1-14-4-7-17(12-15(14)2)25(22,23)20-10-8-18(21)19-9-3-11-24-13-16-5-6-16/h4,7,12,16,20H,3,5-6,8-11,13H2,1-2H3,(H,19,21). The molecular weight excluding hydrogens is 340 g/mol. The summed E-state index contributed by atoms with van der Waals surface area (Å²) in [7, 11) is -3.58. The van der Waals surface area contributed by atoms with Crippen molar-refractivity contribution in [3.8, 4) is 0 Å². The second-order valence-electron chi connectivity index (χ2n) is 6.62. The number of rotatable bonds is 11. The first-order chi connectivity index (χ1) is 11.9. The Bertz CT molecular complexity index is 684. The van der Waals surface area contributed by atoms with E-state index in [4.69, 9.17) is 4.74 Å². The Morgan fingerprint density at radius 2 is 1.96 bits per heavy atom. The van der Waals surface area contributed by atoms with Gasteiger partial charge in [0.1, 0.15) is 0 Å². The van der Waals surface area contributed by atoms with E-state index in [0.29, 0.717) is 13.2 Å². The summed E-state index contributed by atoms with van der Waals surface area (Å²) in [4.78, 5) is 12.0. The molecule has 0 atom stereocenters. The number of carbonyl (C=O) groups is 1. The fraction of sp³-hybridized carbons (Fsp3) is 0.611. The van der Waals surface area contributed by atoms with E-state index in [9.17, 15) is 13.2 Å². The van der Waals surface area contributed by atoms with Crippen LogP contribution >= 0.6 is 0 Å². The minimum absolute atomic E-state index is 0.0826. The Kier molecular flexibility index (Phi) is 7.40. The summed E-state index contributed by atoms with van der Waals surface area (Å²) < 4.78 is 32.4. The van der Waals surface area contributed by atoms with Crippen LogP contribution in [0.5, 0.6) is 0 Å². The predicted molar refractivity (Wildman–Crippen MR) is 96.9 cm³/mol. The maximum atomic E-state index is 12.2.